The van der Waals surface area contributed by atoms with Gasteiger partial charge in [-0.3, -0.25) is 0 Å². The van der Waals surface area contributed by atoms with Crippen molar-refractivity contribution in [3.63, 3.8) is 0 Å². The van der Waals surface area contributed by atoms with Gasteiger partial charge in [0.2, 0.25) is 5.88 Å². The lowest BCUT2D eigenvalue weighted by molar-refractivity contribution is 0.306. The van der Waals surface area contributed by atoms with E-state index in [0.717, 1.165) is 23.9 Å². The van der Waals surface area contributed by atoms with Crippen molar-refractivity contribution < 1.29 is 4.74 Å². The van der Waals surface area contributed by atoms with Gasteiger partial charge in [0.15, 0.2) is 0 Å². The third-order valence-electron chi connectivity index (χ3n) is 2.03. The molecule has 0 aliphatic heterocycles. The van der Waals surface area contributed by atoms with Crippen LogP contribution in [0.4, 0.5) is 0 Å². The molecule has 2 nitrogen and oxygen atoms in total. The minimum atomic E-state index is 0.713. The first kappa shape index (κ1) is 9.00. The molecule has 0 atom stereocenters. The molecule has 2 rings (SSSR count). The highest BCUT2D eigenvalue weighted by atomic mass is 16.5. The van der Waals surface area contributed by atoms with E-state index in [1.165, 1.54) is 0 Å². The summed E-state index contributed by atoms with van der Waals surface area (Å²) < 4.78 is 5.45. The molecule has 1 aromatic heterocycles. The van der Waals surface area contributed by atoms with E-state index < -0.39 is 0 Å². The van der Waals surface area contributed by atoms with Crippen LogP contribution < -0.4 is 4.74 Å². The average molecular weight is 187 g/mol. The van der Waals surface area contributed by atoms with E-state index in [1.54, 1.807) is 0 Å². The number of rotatable bonds is 3. The summed E-state index contributed by atoms with van der Waals surface area (Å²) in [5.74, 6) is 0.713. The van der Waals surface area contributed by atoms with Crippen molar-refractivity contribution >= 4 is 10.9 Å². The summed E-state index contributed by atoms with van der Waals surface area (Å²) in [4.78, 5) is 4.39. The quantitative estimate of drug-likeness (QED) is 0.736. The van der Waals surface area contributed by atoms with Gasteiger partial charge in [-0.05, 0) is 18.6 Å². The zero-order valence-corrected chi connectivity index (χ0v) is 8.23. The van der Waals surface area contributed by atoms with Gasteiger partial charge in [0, 0.05) is 11.5 Å². The number of aromatic nitrogens is 1. The minimum Gasteiger partial charge on any atom is -0.478 e. The smallest absolute Gasteiger partial charge is 0.213 e. The molecule has 0 bridgehead atoms. The van der Waals surface area contributed by atoms with Gasteiger partial charge in [-0.2, -0.15) is 0 Å². The van der Waals surface area contributed by atoms with Crippen LogP contribution in [0.2, 0.25) is 0 Å². The average Bonchev–Trinajstić information content (AvgIpc) is 2.26. The van der Waals surface area contributed by atoms with E-state index in [-0.39, 0.29) is 0 Å². The Bertz CT molecular complexity index is 425. The van der Waals surface area contributed by atoms with Crippen molar-refractivity contribution in [3.05, 3.63) is 36.4 Å². The van der Waals surface area contributed by atoms with E-state index in [1.807, 2.05) is 36.4 Å². The van der Waals surface area contributed by atoms with Gasteiger partial charge >= 0.3 is 0 Å². The standard InChI is InChI=1S/C12H13NO/c1-2-9-14-12-8-7-10-5-3-4-6-11(10)13-12/h3-8H,2,9H2,1H3. The summed E-state index contributed by atoms with van der Waals surface area (Å²) in [6, 6.07) is 12.0. The van der Waals surface area contributed by atoms with Crippen molar-refractivity contribution in [3.8, 4) is 5.88 Å². The Labute approximate surface area is 83.5 Å². The summed E-state index contributed by atoms with van der Waals surface area (Å²) in [6.45, 7) is 2.81. The lowest BCUT2D eigenvalue weighted by Gasteiger charge is -2.03. The Kier molecular flexibility index (Phi) is 2.63. The molecule has 0 amide bonds. The lowest BCUT2D eigenvalue weighted by Crippen LogP contribution is -1.96. The zero-order chi connectivity index (χ0) is 9.80. The maximum Gasteiger partial charge on any atom is 0.213 e. The van der Waals surface area contributed by atoms with Gasteiger partial charge in [-0.25, -0.2) is 4.98 Å². The van der Waals surface area contributed by atoms with Crippen LogP contribution in [0.3, 0.4) is 0 Å². The molecule has 0 radical (unpaired) electrons. The number of ether oxygens (including phenoxy) is 1. The van der Waals surface area contributed by atoms with Crippen LogP contribution in [0.15, 0.2) is 36.4 Å². The molecule has 0 unspecified atom stereocenters. The molecular weight excluding hydrogens is 174 g/mol. The van der Waals surface area contributed by atoms with Crippen LogP contribution in [-0.4, -0.2) is 11.6 Å². The molecule has 0 saturated heterocycles. The molecule has 72 valence electrons. The van der Waals surface area contributed by atoms with E-state index in [9.17, 15) is 0 Å². The first-order chi connectivity index (χ1) is 6.90. The third kappa shape index (κ3) is 1.84. The monoisotopic (exact) mass is 187 g/mol. The molecule has 2 heteroatoms. The van der Waals surface area contributed by atoms with E-state index in [0.29, 0.717) is 5.88 Å². The molecule has 0 fully saturated rings. The van der Waals surface area contributed by atoms with Gasteiger partial charge in [-0.15, -0.1) is 0 Å². The number of nitrogens with zero attached hydrogens (tertiary/aromatic N) is 1. The van der Waals surface area contributed by atoms with Crippen LogP contribution in [0.1, 0.15) is 13.3 Å². The van der Waals surface area contributed by atoms with Gasteiger partial charge in [0.25, 0.3) is 0 Å². The summed E-state index contributed by atoms with van der Waals surface area (Å²) in [5.41, 5.74) is 0.987. The lowest BCUT2D eigenvalue weighted by atomic mass is 10.2. The van der Waals surface area contributed by atoms with Crippen molar-refractivity contribution in [2.75, 3.05) is 6.61 Å². The van der Waals surface area contributed by atoms with Crippen LogP contribution in [0.25, 0.3) is 10.9 Å². The minimum absolute atomic E-state index is 0.713. The fourth-order valence-electron chi connectivity index (χ4n) is 1.33. The molecule has 0 saturated carbocycles. The zero-order valence-electron chi connectivity index (χ0n) is 8.23. The Balaban J connectivity index is 2.32. The van der Waals surface area contributed by atoms with Crippen LogP contribution in [-0.2, 0) is 0 Å². The molecule has 1 aromatic carbocycles. The Morgan fingerprint density at radius 2 is 2.00 bits per heavy atom. The van der Waals surface area contributed by atoms with Crippen molar-refractivity contribution in [2.45, 2.75) is 13.3 Å². The molecule has 14 heavy (non-hydrogen) atoms. The maximum absolute atomic E-state index is 5.45. The highest BCUT2D eigenvalue weighted by Gasteiger charge is 1.96. The molecule has 0 spiro atoms. The first-order valence-electron chi connectivity index (χ1n) is 4.89. The molecular formula is C12H13NO. The molecule has 2 aromatic rings. The Hall–Kier alpha value is -1.57. The van der Waals surface area contributed by atoms with Gasteiger partial charge < -0.3 is 4.74 Å². The summed E-state index contributed by atoms with van der Waals surface area (Å²) >= 11 is 0. The van der Waals surface area contributed by atoms with Crippen molar-refractivity contribution in [2.24, 2.45) is 0 Å². The Morgan fingerprint density at radius 3 is 2.86 bits per heavy atom. The van der Waals surface area contributed by atoms with Crippen molar-refractivity contribution in [1.82, 2.24) is 4.98 Å². The molecule has 1 heterocycles. The Morgan fingerprint density at radius 1 is 1.14 bits per heavy atom. The number of pyridine rings is 1. The normalized spacial score (nSPS) is 10.4. The van der Waals surface area contributed by atoms with Crippen molar-refractivity contribution in [1.29, 1.82) is 0 Å². The molecule has 0 aliphatic rings. The van der Waals surface area contributed by atoms with Gasteiger partial charge in [0.1, 0.15) is 0 Å². The topological polar surface area (TPSA) is 22.1 Å². The van der Waals surface area contributed by atoms with Gasteiger partial charge in [0.05, 0.1) is 12.1 Å². The van der Waals surface area contributed by atoms with E-state index in [4.69, 9.17) is 4.74 Å². The molecule has 0 aliphatic carbocycles. The predicted octanol–water partition coefficient (Wildman–Crippen LogP) is 3.02. The summed E-state index contributed by atoms with van der Waals surface area (Å²) in [6.07, 6.45) is 1.01. The largest absolute Gasteiger partial charge is 0.478 e. The summed E-state index contributed by atoms with van der Waals surface area (Å²) in [7, 11) is 0. The fourth-order valence-corrected chi connectivity index (χ4v) is 1.33. The van der Waals surface area contributed by atoms with Crippen LogP contribution in [0, 0.1) is 0 Å². The second kappa shape index (κ2) is 4.09. The van der Waals surface area contributed by atoms with E-state index in [2.05, 4.69) is 11.9 Å². The second-order valence-electron chi connectivity index (χ2n) is 3.19. The highest BCUT2D eigenvalue weighted by molar-refractivity contribution is 5.78. The van der Waals surface area contributed by atoms with Crippen LogP contribution in [0.5, 0.6) is 5.88 Å². The first-order valence-corrected chi connectivity index (χ1v) is 4.89. The van der Waals surface area contributed by atoms with Crippen LogP contribution >= 0.6 is 0 Å². The number of fused-ring (bicyclic) bond motifs is 1. The van der Waals surface area contributed by atoms with Gasteiger partial charge in [-0.1, -0.05) is 25.1 Å². The summed E-state index contributed by atoms with van der Waals surface area (Å²) in [5, 5.41) is 1.15. The number of hydrogen-bond acceptors (Lipinski definition) is 2. The third-order valence-corrected chi connectivity index (χ3v) is 2.03. The van der Waals surface area contributed by atoms with E-state index >= 15 is 0 Å². The highest BCUT2D eigenvalue weighted by Crippen LogP contribution is 2.15. The fraction of sp³-hybridized carbons (Fsp3) is 0.250. The second-order valence-corrected chi connectivity index (χ2v) is 3.19. The molecule has 0 N–H and O–H groups in total. The predicted molar refractivity (Wildman–Crippen MR) is 57.5 cm³/mol. The number of benzene rings is 1. The maximum atomic E-state index is 5.45. The number of para-hydroxylation sites is 1. The SMILES string of the molecule is CCCOc1ccc2ccccc2n1. The number of hydrogen-bond donors (Lipinski definition) is 0.